The van der Waals surface area contributed by atoms with E-state index in [4.69, 9.17) is 11.6 Å². The summed E-state index contributed by atoms with van der Waals surface area (Å²) in [5.41, 5.74) is 10.5. The monoisotopic (exact) mass is 292 g/mol. The Morgan fingerprint density at radius 3 is 2.90 bits per heavy atom. The van der Waals surface area contributed by atoms with Crippen molar-refractivity contribution < 1.29 is 4.39 Å². The molecule has 4 nitrogen and oxygen atoms in total. The van der Waals surface area contributed by atoms with Gasteiger partial charge in [0.15, 0.2) is 0 Å². The van der Waals surface area contributed by atoms with Gasteiger partial charge in [-0.1, -0.05) is 6.07 Å². The van der Waals surface area contributed by atoms with Crippen LogP contribution in [0.5, 0.6) is 0 Å². The van der Waals surface area contributed by atoms with Gasteiger partial charge in [-0.3, -0.25) is 11.3 Å². The minimum absolute atomic E-state index is 0.143. The van der Waals surface area contributed by atoms with E-state index in [0.29, 0.717) is 11.6 Å². The molecule has 0 spiro atoms. The van der Waals surface area contributed by atoms with E-state index >= 15 is 0 Å². The van der Waals surface area contributed by atoms with Crippen LogP contribution in [-0.4, -0.2) is 10.7 Å². The zero-order chi connectivity index (χ0) is 14.5. The molecule has 1 aromatic carbocycles. The lowest BCUT2D eigenvalue weighted by atomic mass is 10.1. The molecule has 0 amide bonds. The molecular formula is C14H17FN4S. The van der Waals surface area contributed by atoms with Crippen LogP contribution in [0.25, 0.3) is 0 Å². The van der Waals surface area contributed by atoms with Gasteiger partial charge in [0, 0.05) is 22.4 Å². The van der Waals surface area contributed by atoms with Crippen molar-refractivity contribution >= 4 is 17.6 Å². The van der Waals surface area contributed by atoms with Crippen molar-refractivity contribution in [2.45, 2.75) is 17.9 Å². The second kappa shape index (κ2) is 6.69. The Balaban J connectivity index is 2.11. The summed E-state index contributed by atoms with van der Waals surface area (Å²) in [6, 6.07) is 8.28. The maximum atomic E-state index is 13.1. The van der Waals surface area contributed by atoms with E-state index in [0.717, 1.165) is 16.0 Å². The lowest BCUT2D eigenvalue weighted by Crippen LogP contribution is -2.30. The first-order valence-corrected chi connectivity index (χ1v) is 7.15. The highest BCUT2D eigenvalue weighted by atomic mass is 32.2. The average molecular weight is 292 g/mol. The maximum absolute atomic E-state index is 13.1. The second-order valence-corrected chi connectivity index (χ2v) is 5.57. The van der Waals surface area contributed by atoms with E-state index in [-0.39, 0.29) is 11.9 Å². The number of benzene rings is 1. The molecule has 1 heterocycles. The molecule has 20 heavy (non-hydrogen) atoms. The van der Waals surface area contributed by atoms with Crippen molar-refractivity contribution in [3.8, 4) is 0 Å². The predicted molar refractivity (Wildman–Crippen MR) is 80.6 cm³/mol. The van der Waals surface area contributed by atoms with Gasteiger partial charge < -0.3 is 5.73 Å². The molecule has 0 fully saturated rings. The number of aromatic nitrogens is 1. The topological polar surface area (TPSA) is 77.0 Å². The first-order chi connectivity index (χ1) is 9.60. The van der Waals surface area contributed by atoms with Crippen molar-refractivity contribution in [1.82, 2.24) is 10.4 Å². The number of rotatable bonds is 5. The van der Waals surface area contributed by atoms with Gasteiger partial charge in [-0.05, 0) is 36.8 Å². The number of halogens is 1. The molecule has 5 N–H and O–H groups in total. The lowest BCUT2D eigenvalue weighted by Gasteiger charge is -2.17. The zero-order valence-electron chi connectivity index (χ0n) is 11.1. The van der Waals surface area contributed by atoms with E-state index < -0.39 is 0 Å². The zero-order valence-corrected chi connectivity index (χ0v) is 12.0. The highest BCUT2D eigenvalue weighted by molar-refractivity contribution is 7.99. The second-order valence-electron chi connectivity index (χ2n) is 4.47. The lowest BCUT2D eigenvalue weighted by molar-refractivity contribution is 0.609. The highest BCUT2D eigenvalue weighted by Crippen LogP contribution is 2.27. The van der Waals surface area contributed by atoms with Gasteiger partial charge in [-0.25, -0.2) is 9.37 Å². The maximum Gasteiger partial charge on any atom is 0.128 e. The fourth-order valence-corrected chi connectivity index (χ4v) is 2.85. The molecule has 0 aliphatic rings. The summed E-state index contributed by atoms with van der Waals surface area (Å²) in [6.45, 7) is 1.95. The van der Waals surface area contributed by atoms with E-state index in [9.17, 15) is 4.39 Å². The van der Waals surface area contributed by atoms with E-state index in [1.165, 1.54) is 23.9 Å². The summed E-state index contributed by atoms with van der Waals surface area (Å²) in [4.78, 5) is 4.98. The highest BCUT2D eigenvalue weighted by Gasteiger charge is 2.14. The normalized spacial score (nSPS) is 12.3. The van der Waals surface area contributed by atoms with Crippen molar-refractivity contribution in [2.75, 3.05) is 11.5 Å². The average Bonchev–Trinajstić information content (AvgIpc) is 2.43. The Kier molecular flexibility index (Phi) is 4.94. The Morgan fingerprint density at radius 1 is 1.40 bits per heavy atom. The molecule has 2 rings (SSSR count). The standard InChI is InChI=1S/C14H17FN4S/c1-9-5-12(14(16)18-7-9)13(19-17)8-20-11-4-2-3-10(15)6-11/h2-7,13,19H,8,17H2,1H3,(H2,16,18). The fourth-order valence-electron chi connectivity index (χ4n) is 1.85. The minimum Gasteiger partial charge on any atom is -0.383 e. The minimum atomic E-state index is -0.246. The molecule has 0 saturated carbocycles. The number of aryl methyl sites for hydroxylation is 1. The van der Waals surface area contributed by atoms with Crippen molar-refractivity contribution in [3.63, 3.8) is 0 Å². The van der Waals surface area contributed by atoms with Gasteiger partial charge in [0.1, 0.15) is 11.6 Å². The van der Waals surface area contributed by atoms with Crippen LogP contribution in [0, 0.1) is 12.7 Å². The van der Waals surface area contributed by atoms with Crippen LogP contribution in [0.3, 0.4) is 0 Å². The fraction of sp³-hybridized carbons (Fsp3) is 0.214. The molecule has 106 valence electrons. The van der Waals surface area contributed by atoms with Gasteiger partial charge >= 0.3 is 0 Å². The van der Waals surface area contributed by atoms with Gasteiger partial charge in [0.25, 0.3) is 0 Å². The SMILES string of the molecule is Cc1cnc(N)c(C(CSc2cccc(F)c2)NN)c1. The van der Waals surface area contributed by atoms with E-state index in [1.54, 1.807) is 12.3 Å². The number of hydrogen-bond donors (Lipinski definition) is 3. The van der Waals surface area contributed by atoms with Gasteiger partial charge in [0.05, 0.1) is 6.04 Å². The predicted octanol–water partition coefficient (Wildman–Crippen LogP) is 2.41. The first kappa shape index (κ1) is 14.8. The largest absolute Gasteiger partial charge is 0.383 e. The third kappa shape index (κ3) is 3.69. The van der Waals surface area contributed by atoms with Crippen LogP contribution >= 0.6 is 11.8 Å². The van der Waals surface area contributed by atoms with Crippen molar-refractivity contribution in [2.24, 2.45) is 5.84 Å². The van der Waals surface area contributed by atoms with Crippen LogP contribution in [0.1, 0.15) is 17.2 Å². The number of nitrogens with one attached hydrogen (secondary N) is 1. The summed E-state index contributed by atoms with van der Waals surface area (Å²) >= 11 is 1.51. The van der Waals surface area contributed by atoms with Gasteiger partial charge in [0.2, 0.25) is 0 Å². The molecule has 1 aromatic heterocycles. The number of nitrogen functional groups attached to an aromatic ring is 1. The van der Waals surface area contributed by atoms with E-state index in [1.807, 2.05) is 19.1 Å². The van der Waals surface area contributed by atoms with Crippen LogP contribution in [-0.2, 0) is 0 Å². The van der Waals surface area contributed by atoms with Crippen molar-refractivity contribution in [3.05, 3.63) is 53.5 Å². The van der Waals surface area contributed by atoms with Crippen LogP contribution in [0.4, 0.5) is 10.2 Å². The van der Waals surface area contributed by atoms with Crippen LogP contribution in [0.2, 0.25) is 0 Å². The number of hydrogen-bond acceptors (Lipinski definition) is 5. The molecular weight excluding hydrogens is 275 g/mol. The molecule has 1 atom stereocenters. The number of thioether (sulfide) groups is 1. The number of nitrogens with two attached hydrogens (primary N) is 2. The quantitative estimate of drug-likeness (QED) is 0.448. The molecule has 6 heteroatoms. The molecule has 0 radical (unpaired) electrons. The van der Waals surface area contributed by atoms with Gasteiger partial charge in [-0.15, -0.1) is 11.8 Å². The Hall–Kier alpha value is -1.63. The van der Waals surface area contributed by atoms with Crippen LogP contribution < -0.4 is 17.0 Å². The van der Waals surface area contributed by atoms with E-state index in [2.05, 4.69) is 10.4 Å². The van der Waals surface area contributed by atoms with Crippen LogP contribution in [0.15, 0.2) is 41.4 Å². The molecule has 2 aromatic rings. The summed E-state index contributed by atoms with van der Waals surface area (Å²) in [5.74, 6) is 6.44. The Labute approximate surface area is 121 Å². The summed E-state index contributed by atoms with van der Waals surface area (Å²) < 4.78 is 13.1. The van der Waals surface area contributed by atoms with Gasteiger partial charge in [-0.2, -0.15) is 0 Å². The Morgan fingerprint density at radius 2 is 2.20 bits per heavy atom. The molecule has 0 aliphatic carbocycles. The third-order valence-electron chi connectivity index (χ3n) is 2.88. The third-order valence-corrected chi connectivity index (χ3v) is 3.96. The summed E-state index contributed by atoms with van der Waals surface area (Å²) in [7, 11) is 0. The molecule has 0 aliphatic heterocycles. The first-order valence-electron chi connectivity index (χ1n) is 6.16. The number of anilines is 1. The summed E-state index contributed by atoms with van der Waals surface area (Å²) in [5, 5.41) is 0. The number of pyridine rings is 1. The number of hydrazine groups is 1. The molecule has 1 unspecified atom stereocenters. The summed E-state index contributed by atoms with van der Waals surface area (Å²) in [6.07, 6.45) is 1.71. The molecule has 0 bridgehead atoms. The Bertz CT molecular complexity index is 591. The molecule has 0 saturated heterocycles. The number of nitrogens with zero attached hydrogens (tertiary/aromatic N) is 1. The van der Waals surface area contributed by atoms with Crippen molar-refractivity contribution in [1.29, 1.82) is 0 Å². The smallest absolute Gasteiger partial charge is 0.128 e.